The molecule has 0 atom stereocenters. The van der Waals surface area contributed by atoms with Crippen molar-refractivity contribution in [3.8, 4) is 0 Å². The van der Waals surface area contributed by atoms with Crippen LogP contribution >= 0.6 is 11.3 Å². The molecule has 7 nitrogen and oxygen atoms in total. The standard InChI is InChI=1S/C17H18N2O5S2/c1-24-17(21)15-14(7-8-25-15)26(22,23)18-10-11-3-2-4-13(9-11)19-16(20)12-5-6-12/h2-4,7-9,12,18H,5-6,10H2,1H3,(H,19,20). The summed E-state index contributed by atoms with van der Waals surface area (Å²) in [7, 11) is -2.67. The zero-order chi connectivity index (χ0) is 18.7. The lowest BCUT2D eigenvalue weighted by Gasteiger charge is -2.09. The van der Waals surface area contributed by atoms with E-state index in [4.69, 9.17) is 0 Å². The number of ether oxygens (including phenoxy) is 1. The van der Waals surface area contributed by atoms with E-state index < -0.39 is 16.0 Å². The van der Waals surface area contributed by atoms with Crippen LogP contribution < -0.4 is 10.0 Å². The van der Waals surface area contributed by atoms with Crippen LogP contribution in [0, 0.1) is 5.92 Å². The van der Waals surface area contributed by atoms with Crippen LogP contribution in [0.1, 0.15) is 28.1 Å². The van der Waals surface area contributed by atoms with E-state index in [1.165, 1.54) is 18.6 Å². The molecule has 138 valence electrons. The highest BCUT2D eigenvalue weighted by Crippen LogP contribution is 2.30. The Morgan fingerprint density at radius 3 is 2.73 bits per heavy atom. The first-order chi connectivity index (χ1) is 12.4. The summed E-state index contributed by atoms with van der Waals surface area (Å²) in [5, 5.41) is 4.35. The highest BCUT2D eigenvalue weighted by atomic mass is 32.2. The molecule has 1 aliphatic carbocycles. The number of sulfonamides is 1. The van der Waals surface area contributed by atoms with Crippen molar-refractivity contribution in [2.45, 2.75) is 24.3 Å². The van der Waals surface area contributed by atoms with Gasteiger partial charge in [0.05, 0.1) is 7.11 Å². The average molecular weight is 394 g/mol. The molecular weight excluding hydrogens is 376 g/mol. The Labute approximate surface area is 155 Å². The summed E-state index contributed by atoms with van der Waals surface area (Å²) in [5.74, 6) is -0.610. The molecule has 0 spiro atoms. The maximum Gasteiger partial charge on any atom is 0.349 e. The van der Waals surface area contributed by atoms with E-state index in [1.807, 2.05) is 0 Å². The second-order valence-electron chi connectivity index (χ2n) is 5.89. The summed E-state index contributed by atoms with van der Waals surface area (Å²) in [6, 6.07) is 8.34. The molecule has 1 amide bonds. The van der Waals surface area contributed by atoms with Crippen LogP contribution in [0.3, 0.4) is 0 Å². The summed E-state index contributed by atoms with van der Waals surface area (Å²) in [6.07, 6.45) is 1.82. The minimum atomic E-state index is -3.87. The van der Waals surface area contributed by atoms with E-state index in [1.54, 1.807) is 24.3 Å². The van der Waals surface area contributed by atoms with E-state index >= 15 is 0 Å². The summed E-state index contributed by atoms with van der Waals surface area (Å²) in [6.45, 7) is 0.0337. The quantitative estimate of drug-likeness (QED) is 0.702. The fourth-order valence-electron chi connectivity index (χ4n) is 2.36. The van der Waals surface area contributed by atoms with Crippen molar-refractivity contribution in [2.75, 3.05) is 12.4 Å². The highest BCUT2D eigenvalue weighted by Gasteiger charge is 2.29. The lowest BCUT2D eigenvalue weighted by atomic mass is 10.2. The van der Waals surface area contributed by atoms with Crippen molar-refractivity contribution in [1.82, 2.24) is 4.72 Å². The van der Waals surface area contributed by atoms with Gasteiger partial charge < -0.3 is 10.1 Å². The SMILES string of the molecule is COC(=O)c1sccc1S(=O)(=O)NCc1cccc(NC(=O)C2CC2)c1. The van der Waals surface area contributed by atoms with Crippen LogP contribution in [0.2, 0.25) is 0 Å². The van der Waals surface area contributed by atoms with Crippen molar-refractivity contribution in [3.05, 3.63) is 46.2 Å². The van der Waals surface area contributed by atoms with Crippen molar-refractivity contribution in [3.63, 3.8) is 0 Å². The Balaban J connectivity index is 1.69. The van der Waals surface area contributed by atoms with E-state index in [-0.39, 0.29) is 28.1 Å². The number of carbonyl (C=O) groups is 2. The molecule has 0 saturated heterocycles. The minimum absolute atomic E-state index is 0.0104. The van der Waals surface area contributed by atoms with Crippen molar-refractivity contribution in [2.24, 2.45) is 5.92 Å². The van der Waals surface area contributed by atoms with Gasteiger partial charge in [0.1, 0.15) is 9.77 Å². The molecule has 1 saturated carbocycles. The van der Waals surface area contributed by atoms with E-state index in [0.29, 0.717) is 11.3 Å². The molecule has 1 aromatic carbocycles. The van der Waals surface area contributed by atoms with Gasteiger partial charge in [-0.2, -0.15) is 0 Å². The van der Waals surface area contributed by atoms with Crippen molar-refractivity contribution in [1.29, 1.82) is 0 Å². The van der Waals surface area contributed by atoms with Crippen LogP contribution in [0.15, 0.2) is 40.6 Å². The number of esters is 1. The van der Waals surface area contributed by atoms with Crippen molar-refractivity contribution >= 4 is 38.9 Å². The molecule has 9 heteroatoms. The number of hydrogen-bond donors (Lipinski definition) is 2. The number of methoxy groups -OCH3 is 1. The van der Waals surface area contributed by atoms with Gasteiger partial charge in [-0.15, -0.1) is 11.3 Å². The number of nitrogens with one attached hydrogen (secondary N) is 2. The largest absolute Gasteiger partial charge is 0.465 e. The molecule has 2 aromatic rings. The second kappa shape index (κ2) is 7.56. The first-order valence-corrected chi connectivity index (χ1v) is 10.3. The Morgan fingerprint density at radius 2 is 2.04 bits per heavy atom. The lowest BCUT2D eigenvalue weighted by molar-refractivity contribution is -0.117. The van der Waals surface area contributed by atoms with Crippen LogP contribution in [-0.2, 0) is 26.1 Å². The zero-order valence-corrected chi connectivity index (χ0v) is 15.7. The third kappa shape index (κ3) is 4.29. The number of anilines is 1. The molecule has 1 heterocycles. The normalized spacial score (nSPS) is 14.0. The number of thiophene rings is 1. The van der Waals surface area contributed by atoms with Gasteiger partial charge in [0, 0.05) is 18.2 Å². The summed E-state index contributed by atoms with van der Waals surface area (Å²) >= 11 is 1.01. The molecular formula is C17H18N2O5S2. The molecule has 26 heavy (non-hydrogen) atoms. The third-order valence-corrected chi connectivity index (χ3v) is 6.37. The Kier molecular flexibility index (Phi) is 5.40. The Hall–Kier alpha value is -2.23. The van der Waals surface area contributed by atoms with Gasteiger partial charge in [0.25, 0.3) is 0 Å². The predicted octanol–water partition coefficient (Wildman–Crippen LogP) is 2.36. The molecule has 0 aliphatic heterocycles. The molecule has 0 radical (unpaired) electrons. The molecule has 0 bridgehead atoms. The number of hydrogen-bond acceptors (Lipinski definition) is 6. The summed E-state index contributed by atoms with van der Waals surface area (Å²) in [5.41, 5.74) is 1.32. The maximum absolute atomic E-state index is 12.5. The van der Waals surface area contributed by atoms with Gasteiger partial charge in [0.2, 0.25) is 15.9 Å². The Bertz CT molecular complexity index is 932. The second-order valence-corrected chi connectivity index (χ2v) is 8.55. The van der Waals surface area contributed by atoms with Crippen molar-refractivity contribution < 1.29 is 22.7 Å². The molecule has 1 aromatic heterocycles. The Morgan fingerprint density at radius 1 is 1.27 bits per heavy atom. The van der Waals surface area contributed by atoms with Gasteiger partial charge in [-0.05, 0) is 42.0 Å². The summed E-state index contributed by atoms with van der Waals surface area (Å²) in [4.78, 5) is 23.4. The zero-order valence-electron chi connectivity index (χ0n) is 14.0. The van der Waals surface area contributed by atoms with E-state index in [2.05, 4.69) is 14.8 Å². The first-order valence-electron chi connectivity index (χ1n) is 7.96. The van der Waals surface area contributed by atoms with Gasteiger partial charge in [0.15, 0.2) is 0 Å². The topological polar surface area (TPSA) is 102 Å². The van der Waals surface area contributed by atoms with E-state index in [9.17, 15) is 18.0 Å². The van der Waals surface area contributed by atoms with Gasteiger partial charge in [-0.25, -0.2) is 17.9 Å². The van der Waals surface area contributed by atoms with Crippen LogP contribution in [0.4, 0.5) is 5.69 Å². The molecule has 1 aliphatic rings. The van der Waals surface area contributed by atoms with Crippen LogP contribution in [0.5, 0.6) is 0 Å². The fraction of sp³-hybridized carbons (Fsp3) is 0.294. The lowest BCUT2D eigenvalue weighted by Crippen LogP contribution is -2.24. The number of benzene rings is 1. The molecule has 0 unspecified atom stereocenters. The van der Waals surface area contributed by atoms with Gasteiger partial charge in [-0.1, -0.05) is 12.1 Å². The van der Waals surface area contributed by atoms with Crippen LogP contribution in [-0.4, -0.2) is 27.4 Å². The summed E-state index contributed by atoms with van der Waals surface area (Å²) < 4.78 is 32.1. The van der Waals surface area contributed by atoms with Gasteiger partial charge >= 0.3 is 5.97 Å². The third-order valence-electron chi connectivity index (χ3n) is 3.90. The first kappa shape index (κ1) is 18.6. The number of amides is 1. The average Bonchev–Trinajstić information content (AvgIpc) is 3.36. The number of carbonyl (C=O) groups excluding carboxylic acids is 2. The fourth-order valence-corrected chi connectivity index (χ4v) is 4.71. The molecule has 3 rings (SSSR count). The van der Waals surface area contributed by atoms with Crippen LogP contribution in [0.25, 0.3) is 0 Å². The molecule has 1 fully saturated rings. The maximum atomic E-state index is 12.5. The minimum Gasteiger partial charge on any atom is -0.465 e. The smallest absolute Gasteiger partial charge is 0.349 e. The number of rotatable bonds is 7. The predicted molar refractivity (Wildman–Crippen MR) is 97.5 cm³/mol. The highest BCUT2D eigenvalue weighted by molar-refractivity contribution is 7.89. The molecule has 2 N–H and O–H groups in total. The monoisotopic (exact) mass is 394 g/mol. The van der Waals surface area contributed by atoms with Gasteiger partial charge in [-0.3, -0.25) is 4.79 Å². The van der Waals surface area contributed by atoms with E-state index in [0.717, 1.165) is 24.2 Å².